The van der Waals surface area contributed by atoms with Gasteiger partial charge in [0.15, 0.2) is 0 Å². The Morgan fingerprint density at radius 3 is 2.71 bits per heavy atom. The van der Waals surface area contributed by atoms with Crippen molar-refractivity contribution in [1.82, 2.24) is 4.72 Å². The summed E-state index contributed by atoms with van der Waals surface area (Å²) in [5.74, 6) is 5.93. The van der Waals surface area contributed by atoms with E-state index in [0.29, 0.717) is 12.8 Å². The standard InChI is InChI=1S/C15H23NO3S2/c1-15(2,3)8-11-21(18,19)16-12-14-13(7-10-20-14)6-4-5-9-17/h7,10,16-17H,5,8-9,11-12H2,1-3H3. The van der Waals surface area contributed by atoms with Gasteiger partial charge in [-0.3, -0.25) is 0 Å². The van der Waals surface area contributed by atoms with E-state index in [9.17, 15) is 8.42 Å². The van der Waals surface area contributed by atoms with E-state index in [1.165, 1.54) is 11.3 Å². The van der Waals surface area contributed by atoms with Gasteiger partial charge in [-0.05, 0) is 23.3 Å². The van der Waals surface area contributed by atoms with Gasteiger partial charge in [-0.25, -0.2) is 13.1 Å². The number of thiophene rings is 1. The summed E-state index contributed by atoms with van der Waals surface area (Å²) < 4.78 is 26.6. The number of hydrogen-bond acceptors (Lipinski definition) is 4. The third-order valence-corrected chi connectivity index (χ3v) is 5.03. The summed E-state index contributed by atoms with van der Waals surface area (Å²) in [6, 6.07) is 1.87. The summed E-state index contributed by atoms with van der Waals surface area (Å²) >= 11 is 1.48. The summed E-state index contributed by atoms with van der Waals surface area (Å²) in [6.07, 6.45) is 1.04. The van der Waals surface area contributed by atoms with Crippen LogP contribution >= 0.6 is 11.3 Å². The highest BCUT2D eigenvalue weighted by Crippen LogP contribution is 2.20. The number of rotatable bonds is 6. The Morgan fingerprint density at radius 2 is 2.10 bits per heavy atom. The molecule has 0 radical (unpaired) electrons. The van der Waals surface area contributed by atoms with E-state index in [1.807, 2.05) is 32.2 Å². The molecule has 1 aromatic heterocycles. The molecule has 0 aliphatic rings. The maximum Gasteiger partial charge on any atom is 0.211 e. The van der Waals surface area contributed by atoms with Crippen LogP contribution in [0.2, 0.25) is 0 Å². The van der Waals surface area contributed by atoms with E-state index in [-0.39, 0.29) is 24.3 Å². The van der Waals surface area contributed by atoms with E-state index in [4.69, 9.17) is 5.11 Å². The molecule has 0 fully saturated rings. The van der Waals surface area contributed by atoms with Crippen molar-refractivity contribution < 1.29 is 13.5 Å². The van der Waals surface area contributed by atoms with Crippen LogP contribution in [0.5, 0.6) is 0 Å². The molecular formula is C15H23NO3S2. The van der Waals surface area contributed by atoms with E-state index in [1.54, 1.807) is 0 Å². The Morgan fingerprint density at radius 1 is 1.38 bits per heavy atom. The molecule has 1 aromatic rings. The van der Waals surface area contributed by atoms with Gasteiger partial charge in [0.05, 0.1) is 12.4 Å². The highest BCUT2D eigenvalue weighted by molar-refractivity contribution is 7.89. The van der Waals surface area contributed by atoms with Crippen LogP contribution in [0.4, 0.5) is 0 Å². The van der Waals surface area contributed by atoms with Gasteiger partial charge in [0.1, 0.15) is 0 Å². The molecule has 0 atom stereocenters. The molecule has 0 spiro atoms. The van der Waals surface area contributed by atoms with Gasteiger partial charge >= 0.3 is 0 Å². The van der Waals surface area contributed by atoms with Crippen molar-refractivity contribution in [3.63, 3.8) is 0 Å². The van der Waals surface area contributed by atoms with Gasteiger partial charge in [-0.1, -0.05) is 32.6 Å². The lowest BCUT2D eigenvalue weighted by Gasteiger charge is -2.17. The van der Waals surface area contributed by atoms with Crippen molar-refractivity contribution in [2.45, 2.75) is 40.2 Å². The lowest BCUT2D eigenvalue weighted by Crippen LogP contribution is -2.27. The fraction of sp³-hybridized carbons (Fsp3) is 0.600. The SMILES string of the molecule is CC(C)(C)CCS(=O)(=O)NCc1sccc1C#CCCO. The lowest BCUT2D eigenvalue weighted by molar-refractivity contribution is 0.305. The summed E-state index contributed by atoms with van der Waals surface area (Å²) in [5.41, 5.74) is 0.825. The lowest BCUT2D eigenvalue weighted by atomic mass is 9.94. The van der Waals surface area contributed by atoms with Crippen LogP contribution in [0.3, 0.4) is 0 Å². The molecule has 0 saturated heterocycles. The molecule has 1 rings (SSSR count). The number of nitrogens with one attached hydrogen (secondary N) is 1. The molecule has 4 nitrogen and oxygen atoms in total. The van der Waals surface area contributed by atoms with Crippen molar-refractivity contribution in [3.05, 3.63) is 21.9 Å². The van der Waals surface area contributed by atoms with Crippen molar-refractivity contribution in [2.24, 2.45) is 5.41 Å². The smallest absolute Gasteiger partial charge is 0.211 e. The number of sulfonamides is 1. The van der Waals surface area contributed by atoms with Gasteiger partial charge in [-0.15, -0.1) is 11.3 Å². The Hall–Kier alpha value is -0.870. The molecule has 0 bridgehead atoms. The first-order valence-electron chi connectivity index (χ1n) is 6.87. The van der Waals surface area contributed by atoms with E-state index >= 15 is 0 Å². The normalized spacial score (nSPS) is 12.0. The Labute approximate surface area is 131 Å². The first-order chi connectivity index (χ1) is 9.73. The van der Waals surface area contributed by atoms with Crippen LogP contribution in [-0.2, 0) is 16.6 Å². The van der Waals surface area contributed by atoms with Gasteiger partial charge < -0.3 is 5.11 Å². The topological polar surface area (TPSA) is 66.4 Å². The van der Waals surface area contributed by atoms with Crippen LogP contribution in [0.15, 0.2) is 11.4 Å². The fourth-order valence-electron chi connectivity index (χ4n) is 1.49. The summed E-state index contributed by atoms with van der Waals surface area (Å²) in [7, 11) is -3.26. The molecule has 0 aliphatic carbocycles. The fourth-order valence-corrected chi connectivity index (χ4v) is 3.74. The molecule has 0 aliphatic heterocycles. The molecule has 6 heteroatoms. The summed E-state index contributed by atoms with van der Waals surface area (Å²) in [6.45, 7) is 6.38. The molecule has 0 aromatic carbocycles. The van der Waals surface area contributed by atoms with Crippen LogP contribution in [0, 0.1) is 17.3 Å². The van der Waals surface area contributed by atoms with Crippen molar-refractivity contribution in [1.29, 1.82) is 0 Å². The second-order valence-corrected chi connectivity index (χ2v) is 8.91. The maximum atomic E-state index is 12.0. The van der Waals surface area contributed by atoms with E-state index in [0.717, 1.165) is 10.4 Å². The highest BCUT2D eigenvalue weighted by atomic mass is 32.2. The first-order valence-corrected chi connectivity index (χ1v) is 9.40. The van der Waals surface area contributed by atoms with Gasteiger partial charge in [0, 0.05) is 23.4 Å². The molecular weight excluding hydrogens is 306 g/mol. The molecule has 0 amide bonds. The molecule has 118 valence electrons. The predicted molar refractivity (Wildman–Crippen MR) is 87.6 cm³/mol. The number of aliphatic hydroxyl groups is 1. The number of hydrogen-bond donors (Lipinski definition) is 2. The molecule has 21 heavy (non-hydrogen) atoms. The second kappa shape index (κ2) is 7.95. The highest BCUT2D eigenvalue weighted by Gasteiger charge is 2.17. The summed E-state index contributed by atoms with van der Waals surface area (Å²) in [5, 5.41) is 10.6. The zero-order valence-electron chi connectivity index (χ0n) is 12.8. The largest absolute Gasteiger partial charge is 0.395 e. The average Bonchev–Trinajstić information content (AvgIpc) is 2.82. The minimum absolute atomic E-state index is 0.00138. The first kappa shape index (κ1) is 18.2. The zero-order chi connectivity index (χ0) is 15.9. The average molecular weight is 329 g/mol. The Balaban J connectivity index is 2.60. The van der Waals surface area contributed by atoms with Crippen molar-refractivity contribution in [3.8, 4) is 11.8 Å². The van der Waals surface area contributed by atoms with Crippen LogP contribution in [0.25, 0.3) is 0 Å². The van der Waals surface area contributed by atoms with Crippen LogP contribution in [0.1, 0.15) is 44.1 Å². The minimum Gasteiger partial charge on any atom is -0.395 e. The van der Waals surface area contributed by atoms with Gasteiger partial charge in [0.25, 0.3) is 0 Å². The summed E-state index contributed by atoms with van der Waals surface area (Å²) in [4.78, 5) is 0.903. The quantitative estimate of drug-likeness (QED) is 0.787. The maximum absolute atomic E-state index is 12.0. The number of aliphatic hydroxyl groups excluding tert-OH is 1. The zero-order valence-corrected chi connectivity index (χ0v) is 14.4. The second-order valence-electron chi connectivity index (χ2n) is 5.98. The van der Waals surface area contributed by atoms with Gasteiger partial charge in [-0.2, -0.15) is 0 Å². The molecule has 1 heterocycles. The Kier molecular flexibility index (Phi) is 6.88. The third-order valence-electron chi connectivity index (χ3n) is 2.78. The predicted octanol–water partition coefficient (Wildman–Crippen LogP) is 2.34. The van der Waals surface area contributed by atoms with E-state index in [2.05, 4.69) is 16.6 Å². The monoisotopic (exact) mass is 329 g/mol. The van der Waals surface area contributed by atoms with Crippen LogP contribution < -0.4 is 4.72 Å². The van der Waals surface area contributed by atoms with Gasteiger partial charge in [0.2, 0.25) is 10.0 Å². The molecule has 0 saturated carbocycles. The van der Waals surface area contributed by atoms with Crippen molar-refractivity contribution in [2.75, 3.05) is 12.4 Å². The van der Waals surface area contributed by atoms with Crippen molar-refractivity contribution >= 4 is 21.4 Å². The molecule has 2 N–H and O–H groups in total. The molecule has 0 unspecified atom stereocenters. The Bertz CT molecular complexity index is 601. The third kappa shape index (κ3) is 7.63. The van der Waals surface area contributed by atoms with E-state index < -0.39 is 10.0 Å². The van der Waals surface area contributed by atoms with Crippen LogP contribution in [-0.4, -0.2) is 25.9 Å². The minimum atomic E-state index is -3.26.